The minimum Gasteiger partial charge on any atom is -0.444 e. The minimum atomic E-state index is -0.903. The number of hydrogen-bond donors (Lipinski definition) is 1. The van der Waals surface area contributed by atoms with Gasteiger partial charge in [-0.05, 0) is 77.6 Å². The van der Waals surface area contributed by atoms with E-state index < -0.39 is 23.8 Å². The van der Waals surface area contributed by atoms with Crippen LogP contribution in [0.3, 0.4) is 0 Å². The van der Waals surface area contributed by atoms with Crippen molar-refractivity contribution in [3.05, 3.63) is 29.6 Å². The number of amides is 2. The van der Waals surface area contributed by atoms with E-state index >= 15 is 4.39 Å². The second kappa shape index (κ2) is 10.3. The Bertz CT molecular complexity index is 1040. The molecule has 3 aliphatic rings. The normalized spacial score (nSPS) is 27.0. The van der Waals surface area contributed by atoms with E-state index in [-0.39, 0.29) is 36.1 Å². The molecule has 196 valence electrons. The molecule has 2 aliphatic heterocycles. The number of piperazine rings is 1. The van der Waals surface area contributed by atoms with Crippen molar-refractivity contribution in [2.24, 2.45) is 5.92 Å². The summed E-state index contributed by atoms with van der Waals surface area (Å²) in [6.45, 7) is 10.2. The largest absolute Gasteiger partial charge is 0.444 e. The Labute approximate surface area is 213 Å². The van der Waals surface area contributed by atoms with Gasteiger partial charge in [-0.3, -0.25) is 9.69 Å². The fraction of sp³-hybridized carbons (Fsp3) is 0.667. The quantitative estimate of drug-likeness (QED) is 0.669. The number of halogens is 1. The first kappa shape index (κ1) is 26.2. The number of piperidine rings is 1. The molecule has 9 heteroatoms. The van der Waals surface area contributed by atoms with Crippen molar-refractivity contribution in [3.8, 4) is 6.07 Å². The highest BCUT2D eigenvalue weighted by atomic mass is 19.1. The van der Waals surface area contributed by atoms with Crippen molar-refractivity contribution >= 4 is 17.7 Å². The molecule has 1 aromatic rings. The van der Waals surface area contributed by atoms with E-state index in [2.05, 4.69) is 35.2 Å². The molecule has 2 amide bonds. The van der Waals surface area contributed by atoms with Gasteiger partial charge in [-0.2, -0.15) is 5.26 Å². The summed E-state index contributed by atoms with van der Waals surface area (Å²) in [4.78, 5) is 32.1. The fourth-order valence-electron chi connectivity index (χ4n) is 5.91. The average molecular weight is 500 g/mol. The summed E-state index contributed by atoms with van der Waals surface area (Å²) in [5, 5.41) is 12.5. The third-order valence-electron chi connectivity index (χ3n) is 7.55. The zero-order valence-electron chi connectivity index (χ0n) is 22.0. The highest BCUT2D eigenvalue weighted by Crippen LogP contribution is 2.43. The van der Waals surface area contributed by atoms with Crippen molar-refractivity contribution in [3.63, 3.8) is 0 Å². The third kappa shape index (κ3) is 5.59. The van der Waals surface area contributed by atoms with Gasteiger partial charge in [0.15, 0.2) is 0 Å². The second-order valence-corrected chi connectivity index (χ2v) is 11.5. The topological polar surface area (TPSA) is 88.9 Å². The maximum Gasteiger partial charge on any atom is 0.411 e. The highest BCUT2D eigenvalue weighted by molar-refractivity contribution is 5.87. The first-order chi connectivity index (χ1) is 17.0. The lowest BCUT2D eigenvalue weighted by Crippen LogP contribution is -2.55. The van der Waals surface area contributed by atoms with Crippen molar-refractivity contribution in [1.82, 2.24) is 15.1 Å². The summed E-state index contributed by atoms with van der Waals surface area (Å²) in [5.74, 6) is -0.713. The molecule has 0 aromatic heterocycles. The van der Waals surface area contributed by atoms with Gasteiger partial charge in [0.2, 0.25) is 5.91 Å². The van der Waals surface area contributed by atoms with Crippen LogP contribution in [0.15, 0.2) is 18.2 Å². The van der Waals surface area contributed by atoms with E-state index in [4.69, 9.17) is 4.74 Å². The van der Waals surface area contributed by atoms with Crippen LogP contribution in [0.4, 0.5) is 14.9 Å². The second-order valence-electron chi connectivity index (χ2n) is 11.5. The lowest BCUT2D eigenvalue weighted by Gasteiger charge is -2.40. The van der Waals surface area contributed by atoms with Gasteiger partial charge in [-0.15, -0.1) is 0 Å². The van der Waals surface area contributed by atoms with Crippen molar-refractivity contribution in [2.75, 3.05) is 31.6 Å². The molecule has 0 spiro atoms. The molecule has 36 heavy (non-hydrogen) atoms. The summed E-state index contributed by atoms with van der Waals surface area (Å²) in [5.41, 5.74) is 0.537. The number of carbonyl (C=O) groups is 2. The molecule has 1 saturated carbocycles. The van der Waals surface area contributed by atoms with Gasteiger partial charge in [0.1, 0.15) is 23.5 Å². The molecule has 1 aliphatic carbocycles. The molecule has 2 heterocycles. The predicted molar refractivity (Wildman–Crippen MR) is 135 cm³/mol. The summed E-state index contributed by atoms with van der Waals surface area (Å²) in [6.07, 6.45) is 2.02. The van der Waals surface area contributed by atoms with Crippen LogP contribution in [0.25, 0.3) is 0 Å². The lowest BCUT2D eigenvalue weighted by atomic mass is 9.97. The predicted octanol–water partition coefficient (Wildman–Crippen LogP) is 3.30. The Hall–Kier alpha value is -2.86. The number of ether oxygens (including phenoxy) is 1. The molecule has 3 fully saturated rings. The van der Waals surface area contributed by atoms with Crippen molar-refractivity contribution in [1.29, 1.82) is 5.26 Å². The SMILES string of the molecule is CC1CN(C)CCN1c1ccc(CC(C#N)NC(=O)C2C3CCC(C3)N2C(=O)OC(C)(C)C)c(F)c1. The number of rotatable bonds is 5. The monoisotopic (exact) mass is 499 g/mol. The summed E-state index contributed by atoms with van der Waals surface area (Å²) < 4.78 is 20.6. The Kier molecular flexibility index (Phi) is 7.46. The molecule has 8 nitrogen and oxygen atoms in total. The van der Waals surface area contributed by atoms with E-state index in [1.165, 1.54) is 6.07 Å². The number of nitrogens with one attached hydrogen (secondary N) is 1. The van der Waals surface area contributed by atoms with E-state index in [1.54, 1.807) is 31.7 Å². The Morgan fingerprint density at radius 2 is 2.03 bits per heavy atom. The van der Waals surface area contributed by atoms with Gasteiger partial charge in [0.25, 0.3) is 0 Å². The van der Waals surface area contributed by atoms with Crippen LogP contribution in [0.1, 0.15) is 52.5 Å². The Morgan fingerprint density at radius 3 is 2.67 bits per heavy atom. The standard InChI is InChI=1S/C27H38FN5O3/c1-17-16-31(5)10-11-32(17)21-8-6-18(23(28)14-21)12-20(15-29)30-25(34)24-19-7-9-22(13-19)33(24)26(35)36-27(2,3)4/h6,8,14,17,19-20,22,24H,7,9-13,16H2,1-5H3,(H,30,34). The molecule has 5 atom stereocenters. The lowest BCUT2D eigenvalue weighted by molar-refractivity contribution is -0.128. The molecule has 2 bridgehead atoms. The number of nitriles is 1. The molecule has 4 rings (SSSR count). The first-order valence-electron chi connectivity index (χ1n) is 12.9. The van der Waals surface area contributed by atoms with Gasteiger partial charge in [-0.1, -0.05) is 6.07 Å². The van der Waals surface area contributed by atoms with Gasteiger partial charge in [0.05, 0.1) is 6.07 Å². The number of hydrogen-bond acceptors (Lipinski definition) is 6. The number of nitrogens with zero attached hydrogens (tertiary/aromatic N) is 4. The maximum absolute atomic E-state index is 15.1. The number of likely N-dealkylation sites (tertiary alicyclic amines) is 1. The number of fused-ring (bicyclic) bond motifs is 2. The van der Waals surface area contributed by atoms with Gasteiger partial charge in [0, 0.05) is 43.8 Å². The van der Waals surface area contributed by atoms with Crippen LogP contribution >= 0.6 is 0 Å². The molecule has 5 unspecified atom stereocenters. The number of anilines is 1. The first-order valence-corrected chi connectivity index (χ1v) is 12.9. The van der Waals surface area contributed by atoms with E-state index in [9.17, 15) is 14.9 Å². The van der Waals surface area contributed by atoms with Crippen molar-refractivity contribution in [2.45, 2.75) is 83.1 Å². The fourth-order valence-corrected chi connectivity index (χ4v) is 5.91. The zero-order valence-corrected chi connectivity index (χ0v) is 22.0. The van der Waals surface area contributed by atoms with E-state index in [0.717, 1.165) is 44.6 Å². The van der Waals surface area contributed by atoms with Crippen molar-refractivity contribution < 1.29 is 18.7 Å². The summed E-state index contributed by atoms with van der Waals surface area (Å²) in [6, 6.07) is 5.89. The highest BCUT2D eigenvalue weighted by Gasteiger charge is 2.52. The Morgan fingerprint density at radius 1 is 1.28 bits per heavy atom. The number of carbonyl (C=O) groups excluding carboxylic acids is 2. The molecular weight excluding hydrogens is 461 g/mol. The minimum absolute atomic E-state index is 0.0249. The molecule has 1 aromatic carbocycles. The van der Waals surface area contributed by atoms with Gasteiger partial charge in [-0.25, -0.2) is 9.18 Å². The molecule has 1 N–H and O–H groups in total. The average Bonchev–Trinajstić information content (AvgIpc) is 3.40. The van der Waals surface area contributed by atoms with Gasteiger partial charge >= 0.3 is 6.09 Å². The molecular formula is C27H38FN5O3. The van der Waals surface area contributed by atoms with Gasteiger partial charge < -0.3 is 19.9 Å². The third-order valence-corrected chi connectivity index (χ3v) is 7.55. The summed E-state index contributed by atoms with van der Waals surface area (Å²) in [7, 11) is 2.08. The van der Waals surface area contributed by atoms with Crippen LogP contribution in [0.2, 0.25) is 0 Å². The Balaban J connectivity index is 1.42. The zero-order chi connectivity index (χ0) is 26.2. The molecule has 2 saturated heterocycles. The van der Waals surface area contributed by atoms with Crippen LogP contribution in [0.5, 0.6) is 0 Å². The number of benzene rings is 1. The maximum atomic E-state index is 15.1. The number of likely N-dealkylation sites (N-methyl/N-ethyl adjacent to an activating group) is 1. The molecule has 0 radical (unpaired) electrons. The summed E-state index contributed by atoms with van der Waals surface area (Å²) >= 11 is 0. The van der Waals surface area contributed by atoms with Crippen LogP contribution in [-0.4, -0.2) is 78.3 Å². The van der Waals surface area contributed by atoms with E-state index in [0.29, 0.717) is 5.56 Å². The van der Waals surface area contributed by atoms with Crippen LogP contribution in [-0.2, 0) is 16.0 Å². The van der Waals surface area contributed by atoms with Crippen LogP contribution < -0.4 is 10.2 Å². The van der Waals surface area contributed by atoms with E-state index in [1.807, 2.05) is 6.07 Å². The van der Waals surface area contributed by atoms with Crippen LogP contribution in [0, 0.1) is 23.1 Å². The smallest absolute Gasteiger partial charge is 0.411 e.